The molecule has 0 aromatic heterocycles. The van der Waals surface area contributed by atoms with Gasteiger partial charge < -0.3 is 25.0 Å². The summed E-state index contributed by atoms with van der Waals surface area (Å²) in [6.07, 6.45) is 2.18. The minimum Gasteiger partial charge on any atom is -0.454 e. The highest BCUT2D eigenvalue weighted by Crippen LogP contribution is 2.34. The van der Waals surface area contributed by atoms with Crippen molar-refractivity contribution in [2.24, 2.45) is 0 Å². The number of benzene rings is 1. The van der Waals surface area contributed by atoms with Crippen LogP contribution in [-0.2, 0) is 0 Å². The lowest BCUT2D eigenvalue weighted by atomic mass is 10.1. The first-order valence-corrected chi connectivity index (χ1v) is 7.24. The Morgan fingerprint density at radius 2 is 2.10 bits per heavy atom. The Morgan fingerprint density at radius 1 is 1.33 bits per heavy atom. The second-order valence-electron chi connectivity index (χ2n) is 5.72. The maximum Gasteiger partial charge on any atom is 0.315 e. The van der Waals surface area contributed by atoms with Crippen molar-refractivity contribution in [3.05, 3.63) is 23.8 Å². The molecule has 3 rings (SSSR count). The van der Waals surface area contributed by atoms with Gasteiger partial charge in [-0.1, -0.05) is 6.07 Å². The van der Waals surface area contributed by atoms with E-state index in [0.29, 0.717) is 12.6 Å². The number of fused-ring (bicyclic) bond motifs is 1. The van der Waals surface area contributed by atoms with Crippen molar-refractivity contribution >= 4 is 6.03 Å². The monoisotopic (exact) mass is 291 g/mol. The molecule has 1 aliphatic carbocycles. The molecule has 1 aromatic rings. The molecule has 1 atom stereocenters. The zero-order chi connectivity index (χ0) is 14.8. The van der Waals surface area contributed by atoms with Crippen LogP contribution in [-0.4, -0.2) is 44.4 Å². The van der Waals surface area contributed by atoms with Gasteiger partial charge in [0.15, 0.2) is 11.5 Å². The summed E-state index contributed by atoms with van der Waals surface area (Å²) in [5.41, 5.74) is 1.09. The van der Waals surface area contributed by atoms with Crippen LogP contribution in [0.1, 0.15) is 24.4 Å². The van der Waals surface area contributed by atoms with Gasteiger partial charge in [-0.2, -0.15) is 0 Å². The zero-order valence-corrected chi connectivity index (χ0v) is 12.4. The van der Waals surface area contributed by atoms with E-state index in [-0.39, 0.29) is 18.9 Å². The molecule has 1 aromatic carbocycles. The van der Waals surface area contributed by atoms with Crippen molar-refractivity contribution in [1.82, 2.24) is 15.5 Å². The second-order valence-corrected chi connectivity index (χ2v) is 5.72. The number of nitrogens with one attached hydrogen (secondary N) is 2. The summed E-state index contributed by atoms with van der Waals surface area (Å²) in [7, 11) is 3.99. The number of hydrogen-bond acceptors (Lipinski definition) is 4. The predicted octanol–water partition coefficient (Wildman–Crippen LogP) is 1.48. The van der Waals surface area contributed by atoms with Crippen LogP contribution in [0.5, 0.6) is 11.5 Å². The molecule has 0 saturated heterocycles. The number of carbonyl (C=O) groups is 1. The Hall–Kier alpha value is -1.95. The summed E-state index contributed by atoms with van der Waals surface area (Å²) in [4.78, 5) is 13.8. The van der Waals surface area contributed by atoms with Crippen LogP contribution in [0.3, 0.4) is 0 Å². The van der Waals surface area contributed by atoms with Gasteiger partial charge in [0.2, 0.25) is 6.79 Å². The largest absolute Gasteiger partial charge is 0.454 e. The van der Waals surface area contributed by atoms with Gasteiger partial charge in [0.25, 0.3) is 0 Å². The highest BCUT2D eigenvalue weighted by Gasteiger charge is 2.24. The van der Waals surface area contributed by atoms with Crippen molar-refractivity contribution in [2.75, 3.05) is 27.4 Å². The molecule has 114 valence electrons. The van der Waals surface area contributed by atoms with E-state index in [1.54, 1.807) is 0 Å². The molecule has 2 amide bonds. The highest BCUT2D eigenvalue weighted by atomic mass is 16.7. The molecule has 0 radical (unpaired) electrons. The van der Waals surface area contributed by atoms with E-state index in [2.05, 4.69) is 15.5 Å². The number of nitrogens with zero attached hydrogens (tertiary/aromatic N) is 1. The molecule has 2 N–H and O–H groups in total. The molecule has 6 heteroatoms. The average Bonchev–Trinajstić information content (AvgIpc) is 3.13. The number of hydrogen-bond donors (Lipinski definition) is 2. The predicted molar refractivity (Wildman–Crippen MR) is 78.5 cm³/mol. The molecule has 2 aliphatic rings. The number of ether oxygens (including phenoxy) is 2. The van der Waals surface area contributed by atoms with E-state index in [1.807, 2.05) is 32.3 Å². The summed E-state index contributed by atoms with van der Waals surface area (Å²) >= 11 is 0. The lowest BCUT2D eigenvalue weighted by molar-refractivity contribution is 0.174. The standard InChI is InChI=1S/C15H21N3O3/c1-18(2)12(8-16-15(19)17-11-4-5-11)10-3-6-13-14(7-10)21-9-20-13/h3,6-7,11-12H,4-5,8-9H2,1-2H3,(H2,16,17,19)/t12-/m0/s1. The van der Waals surface area contributed by atoms with E-state index in [0.717, 1.165) is 29.9 Å². The molecule has 1 fully saturated rings. The van der Waals surface area contributed by atoms with Crippen LogP contribution in [0.15, 0.2) is 18.2 Å². The maximum absolute atomic E-state index is 11.8. The first-order chi connectivity index (χ1) is 10.1. The molecule has 6 nitrogen and oxygen atoms in total. The molecule has 1 aliphatic heterocycles. The van der Waals surface area contributed by atoms with Crippen molar-refractivity contribution in [1.29, 1.82) is 0 Å². The smallest absolute Gasteiger partial charge is 0.315 e. The van der Waals surface area contributed by atoms with Crippen LogP contribution < -0.4 is 20.1 Å². The Morgan fingerprint density at radius 3 is 2.81 bits per heavy atom. The number of rotatable bonds is 5. The summed E-state index contributed by atoms with van der Waals surface area (Å²) in [6.45, 7) is 0.818. The van der Waals surface area contributed by atoms with Gasteiger partial charge in [0.05, 0.1) is 6.04 Å². The fourth-order valence-electron chi connectivity index (χ4n) is 2.37. The van der Waals surface area contributed by atoms with Crippen LogP contribution >= 0.6 is 0 Å². The minimum atomic E-state index is -0.0925. The Kier molecular flexibility index (Phi) is 3.88. The molecule has 1 heterocycles. The number of carbonyl (C=O) groups excluding carboxylic acids is 1. The Labute approximate surface area is 124 Å². The van der Waals surface area contributed by atoms with Crippen molar-refractivity contribution in [3.63, 3.8) is 0 Å². The van der Waals surface area contributed by atoms with Crippen molar-refractivity contribution < 1.29 is 14.3 Å². The summed E-state index contributed by atoms with van der Waals surface area (Å²) in [5, 5.41) is 5.87. The number of urea groups is 1. The van der Waals surface area contributed by atoms with Gasteiger partial charge in [-0.15, -0.1) is 0 Å². The molecule has 1 saturated carbocycles. The third-order valence-electron chi connectivity index (χ3n) is 3.77. The SMILES string of the molecule is CN(C)[C@@H](CNC(=O)NC1CC1)c1ccc2c(c1)OCO2. The van der Waals surface area contributed by atoms with Gasteiger partial charge in [0, 0.05) is 12.6 Å². The van der Waals surface area contributed by atoms with Gasteiger partial charge in [-0.25, -0.2) is 4.79 Å². The summed E-state index contributed by atoms with van der Waals surface area (Å²) in [6, 6.07) is 6.27. The molecule has 0 spiro atoms. The van der Waals surface area contributed by atoms with E-state index < -0.39 is 0 Å². The van der Waals surface area contributed by atoms with Gasteiger partial charge in [-0.05, 0) is 44.6 Å². The van der Waals surface area contributed by atoms with Gasteiger partial charge in [0.1, 0.15) is 0 Å². The molecular weight excluding hydrogens is 270 g/mol. The van der Waals surface area contributed by atoms with E-state index >= 15 is 0 Å². The van der Waals surface area contributed by atoms with E-state index in [9.17, 15) is 4.79 Å². The highest BCUT2D eigenvalue weighted by molar-refractivity contribution is 5.74. The summed E-state index contributed by atoms with van der Waals surface area (Å²) < 4.78 is 10.7. The number of amides is 2. The van der Waals surface area contributed by atoms with E-state index in [4.69, 9.17) is 9.47 Å². The first kappa shape index (κ1) is 14.0. The fourth-order valence-corrected chi connectivity index (χ4v) is 2.37. The van der Waals surface area contributed by atoms with Crippen molar-refractivity contribution in [3.8, 4) is 11.5 Å². The normalized spacial score (nSPS) is 17.7. The third-order valence-corrected chi connectivity index (χ3v) is 3.77. The quantitative estimate of drug-likeness (QED) is 0.862. The fraction of sp³-hybridized carbons (Fsp3) is 0.533. The molecule has 21 heavy (non-hydrogen) atoms. The lowest BCUT2D eigenvalue weighted by Crippen LogP contribution is -2.41. The van der Waals surface area contributed by atoms with Gasteiger partial charge in [-0.3, -0.25) is 0 Å². The minimum absolute atomic E-state index is 0.0875. The zero-order valence-electron chi connectivity index (χ0n) is 12.4. The average molecular weight is 291 g/mol. The van der Waals surface area contributed by atoms with Crippen LogP contribution in [0.4, 0.5) is 4.79 Å². The maximum atomic E-state index is 11.8. The number of likely N-dealkylation sites (N-methyl/N-ethyl adjacent to an activating group) is 1. The van der Waals surface area contributed by atoms with Crippen LogP contribution in [0, 0.1) is 0 Å². The van der Waals surface area contributed by atoms with E-state index in [1.165, 1.54) is 0 Å². The van der Waals surface area contributed by atoms with Crippen LogP contribution in [0.25, 0.3) is 0 Å². The topological polar surface area (TPSA) is 62.8 Å². The van der Waals surface area contributed by atoms with Gasteiger partial charge >= 0.3 is 6.03 Å². The first-order valence-electron chi connectivity index (χ1n) is 7.24. The molecule has 0 bridgehead atoms. The Bertz CT molecular complexity index is 529. The summed E-state index contributed by atoms with van der Waals surface area (Å²) in [5.74, 6) is 1.54. The molecular formula is C15H21N3O3. The molecule has 0 unspecified atom stereocenters. The van der Waals surface area contributed by atoms with Crippen molar-refractivity contribution in [2.45, 2.75) is 24.9 Å². The lowest BCUT2D eigenvalue weighted by Gasteiger charge is -2.25. The third kappa shape index (κ3) is 3.39. The van der Waals surface area contributed by atoms with Crippen LogP contribution in [0.2, 0.25) is 0 Å². The second kappa shape index (κ2) is 5.81. The Balaban J connectivity index is 1.64.